The molecule has 0 heterocycles. The Bertz CT molecular complexity index is 532. The Morgan fingerprint density at radius 1 is 1.14 bits per heavy atom. The van der Waals surface area contributed by atoms with Crippen molar-refractivity contribution in [1.82, 2.24) is 0 Å². The Balaban J connectivity index is 1.69. The summed E-state index contributed by atoms with van der Waals surface area (Å²) in [5.74, 6) is 5.01. The third-order valence-corrected chi connectivity index (χ3v) is 13.9. The Morgan fingerprint density at radius 3 is 2.68 bits per heavy atom. The van der Waals surface area contributed by atoms with Gasteiger partial charge >= 0.3 is 154 Å². The molecular formula is C21H31Hg. The third kappa shape index (κ3) is 2.04. The third-order valence-electron chi connectivity index (χ3n) is 8.76. The molecule has 4 aliphatic rings. The molecule has 0 saturated heterocycles. The molecule has 0 aliphatic heterocycles. The zero-order chi connectivity index (χ0) is 15.7. The monoisotopic (exact) mass is 485 g/mol. The van der Waals surface area contributed by atoms with Gasteiger partial charge in [-0.05, 0) is 0 Å². The van der Waals surface area contributed by atoms with Gasteiger partial charge < -0.3 is 0 Å². The Labute approximate surface area is 153 Å². The minimum absolute atomic E-state index is 0.657. The van der Waals surface area contributed by atoms with E-state index in [0.717, 1.165) is 55.7 Å². The van der Waals surface area contributed by atoms with Gasteiger partial charge in [-0.25, -0.2) is 0 Å². The Morgan fingerprint density at radius 2 is 1.91 bits per heavy atom. The first-order valence-electron chi connectivity index (χ1n) is 9.60. The maximum atomic E-state index is 4.27. The molecule has 0 N–H and O–H groups in total. The molecule has 117 valence electrons. The van der Waals surface area contributed by atoms with Crippen molar-refractivity contribution in [3.63, 3.8) is 0 Å². The molecule has 0 aromatic heterocycles. The van der Waals surface area contributed by atoms with E-state index in [2.05, 4.69) is 33.4 Å². The molecule has 0 bridgehead atoms. The van der Waals surface area contributed by atoms with Crippen LogP contribution in [0.5, 0.6) is 0 Å². The first-order chi connectivity index (χ1) is 10.4. The van der Waals surface area contributed by atoms with E-state index in [-0.39, 0.29) is 0 Å². The average molecular weight is 484 g/mol. The molecule has 0 spiro atoms. The molecule has 7 unspecified atom stereocenters. The molecule has 1 heteroatoms. The van der Waals surface area contributed by atoms with Crippen molar-refractivity contribution in [3.8, 4) is 0 Å². The fourth-order valence-corrected chi connectivity index (χ4v) is 10.8. The first kappa shape index (κ1) is 15.9. The number of fused-ring (bicyclic) bond motifs is 5. The quantitative estimate of drug-likeness (QED) is 0.366. The van der Waals surface area contributed by atoms with Gasteiger partial charge in [0.25, 0.3) is 0 Å². The second-order valence-electron chi connectivity index (χ2n) is 9.45. The van der Waals surface area contributed by atoms with Crippen molar-refractivity contribution >= 4 is 0 Å². The van der Waals surface area contributed by atoms with Crippen LogP contribution in [-0.4, -0.2) is 0 Å². The van der Waals surface area contributed by atoms with Crippen molar-refractivity contribution in [2.75, 3.05) is 0 Å². The second-order valence-corrected chi connectivity index (χ2v) is 14.4. The summed E-state index contributed by atoms with van der Waals surface area (Å²) >= 11 is 0.868. The molecule has 0 aromatic rings. The summed E-state index contributed by atoms with van der Waals surface area (Å²) in [4.78, 5) is 0. The second kappa shape index (κ2) is 5.20. The molecule has 0 aromatic carbocycles. The average Bonchev–Trinajstić information content (AvgIpc) is 2.72. The standard InChI is InChI=1S/C21H31.Hg/c1-13-5-7-17-16(11-13)6-8-19-18(17)9-10-21(4)15(3)14(2)12-20(19)21;/h11,14-15,18-20H,1,5-10,12H2,2-4H3;. The summed E-state index contributed by atoms with van der Waals surface area (Å²) in [6, 6.07) is 0. The molecule has 3 saturated carbocycles. The number of hydrogen-bond donors (Lipinski definition) is 0. The molecule has 4 aliphatic carbocycles. The molecule has 4 rings (SSSR count). The summed E-state index contributed by atoms with van der Waals surface area (Å²) in [6.45, 7) is 12.0. The summed E-state index contributed by atoms with van der Waals surface area (Å²) in [5.41, 5.74) is 3.92. The fourth-order valence-electron chi connectivity index (χ4n) is 7.06. The van der Waals surface area contributed by atoms with Crippen LogP contribution in [0, 0.1) is 35.0 Å². The van der Waals surface area contributed by atoms with E-state index in [0.29, 0.717) is 8.34 Å². The molecule has 0 radical (unpaired) electrons. The van der Waals surface area contributed by atoms with E-state index in [1.165, 1.54) is 50.5 Å². The number of hydrogen-bond acceptors (Lipinski definition) is 0. The van der Waals surface area contributed by atoms with Crippen molar-refractivity contribution in [3.05, 3.63) is 23.8 Å². The van der Waals surface area contributed by atoms with Crippen molar-refractivity contribution in [2.24, 2.45) is 35.0 Å². The van der Waals surface area contributed by atoms with E-state index >= 15 is 0 Å². The van der Waals surface area contributed by atoms with Crippen molar-refractivity contribution in [1.29, 1.82) is 0 Å². The van der Waals surface area contributed by atoms with Gasteiger partial charge in [-0.15, -0.1) is 0 Å². The normalized spacial score (nSPS) is 54.3. The van der Waals surface area contributed by atoms with Crippen LogP contribution in [0.2, 0.25) is 2.92 Å². The molecule has 22 heavy (non-hydrogen) atoms. The zero-order valence-electron chi connectivity index (χ0n) is 14.8. The van der Waals surface area contributed by atoms with Crippen LogP contribution < -0.4 is 0 Å². The minimum atomic E-state index is 0.657. The Hall–Kier alpha value is 0.415. The van der Waals surface area contributed by atoms with Crippen LogP contribution in [0.25, 0.3) is 0 Å². The topological polar surface area (TPSA) is 0 Å². The van der Waals surface area contributed by atoms with Gasteiger partial charge in [-0.2, -0.15) is 0 Å². The van der Waals surface area contributed by atoms with E-state index in [1.807, 2.05) is 5.57 Å². The number of allylic oxidation sites excluding steroid dienone is 3. The van der Waals surface area contributed by atoms with Crippen LogP contribution in [0.3, 0.4) is 0 Å². The van der Waals surface area contributed by atoms with Crippen LogP contribution >= 0.6 is 0 Å². The molecular weight excluding hydrogens is 453 g/mol. The first-order valence-corrected chi connectivity index (χ1v) is 12.4. The zero-order valence-corrected chi connectivity index (χ0v) is 20.3. The van der Waals surface area contributed by atoms with E-state index < -0.39 is 0 Å². The molecule has 7 atom stereocenters. The predicted molar refractivity (Wildman–Crippen MR) is 89.1 cm³/mol. The van der Waals surface area contributed by atoms with Crippen molar-refractivity contribution in [2.45, 2.75) is 68.6 Å². The summed E-state index contributed by atoms with van der Waals surface area (Å²) in [6.07, 6.45) is 12.7. The molecule has 0 nitrogen and oxygen atoms in total. The fraction of sp³-hybridized carbons (Fsp3) is 0.810. The van der Waals surface area contributed by atoms with Gasteiger partial charge in [0.1, 0.15) is 0 Å². The SMILES string of the molecule is C=C1C=C2CCC3C(CCC4(C)C(C)C(C)CC34)[C]2([Hg])CC1. The molecule has 3 fully saturated rings. The van der Waals surface area contributed by atoms with E-state index in [9.17, 15) is 0 Å². The van der Waals surface area contributed by atoms with Crippen LogP contribution in [0.4, 0.5) is 0 Å². The van der Waals surface area contributed by atoms with E-state index in [4.69, 9.17) is 0 Å². The summed E-state index contributed by atoms with van der Waals surface area (Å²) in [5, 5.41) is 0. The Kier molecular flexibility index (Phi) is 3.76. The van der Waals surface area contributed by atoms with Gasteiger partial charge in [0, 0.05) is 0 Å². The van der Waals surface area contributed by atoms with Crippen LogP contribution in [0.15, 0.2) is 23.8 Å². The van der Waals surface area contributed by atoms with Gasteiger partial charge in [-0.1, -0.05) is 0 Å². The van der Waals surface area contributed by atoms with Gasteiger partial charge in [0.15, 0.2) is 0 Å². The van der Waals surface area contributed by atoms with Gasteiger partial charge in [0.2, 0.25) is 0 Å². The van der Waals surface area contributed by atoms with Gasteiger partial charge in [-0.3, -0.25) is 0 Å². The number of rotatable bonds is 0. The molecule has 0 amide bonds. The van der Waals surface area contributed by atoms with Crippen molar-refractivity contribution < 1.29 is 26.1 Å². The van der Waals surface area contributed by atoms with E-state index in [1.54, 1.807) is 0 Å². The predicted octanol–water partition coefficient (Wildman–Crippen LogP) is 6.09. The summed E-state index contributed by atoms with van der Waals surface area (Å²) in [7, 11) is 0. The maximum absolute atomic E-state index is 4.27. The van der Waals surface area contributed by atoms with Crippen LogP contribution in [0.1, 0.15) is 65.7 Å². The van der Waals surface area contributed by atoms with Crippen LogP contribution in [-0.2, 0) is 26.1 Å². The van der Waals surface area contributed by atoms with Gasteiger partial charge in [0.05, 0.1) is 0 Å². The summed E-state index contributed by atoms with van der Waals surface area (Å²) < 4.78 is 0.695.